The summed E-state index contributed by atoms with van der Waals surface area (Å²) in [5, 5.41) is 2.93. The highest BCUT2D eigenvalue weighted by atomic mass is 19.4. The van der Waals surface area contributed by atoms with Gasteiger partial charge in [0.2, 0.25) is 11.7 Å². The Balaban J connectivity index is 1.08. The van der Waals surface area contributed by atoms with Gasteiger partial charge in [0.05, 0.1) is 29.8 Å². The monoisotopic (exact) mass is 491 g/mol. The Morgan fingerprint density at radius 2 is 1.71 bits per heavy atom. The number of imidazole rings is 1. The molecule has 2 bridgehead atoms. The number of rotatable bonds is 7. The van der Waals surface area contributed by atoms with Crippen molar-refractivity contribution >= 4 is 5.91 Å². The summed E-state index contributed by atoms with van der Waals surface area (Å²) in [6.07, 6.45) is -3.02. The lowest BCUT2D eigenvalue weighted by Gasteiger charge is -2.70. The molecule has 34 heavy (non-hydrogen) atoms. The van der Waals surface area contributed by atoms with Crippen LogP contribution in [0.25, 0.3) is 11.3 Å². The summed E-state index contributed by atoms with van der Waals surface area (Å²) in [7, 11) is 0. The quantitative estimate of drug-likeness (QED) is 0.599. The molecule has 0 radical (unpaired) electrons. The van der Waals surface area contributed by atoms with E-state index >= 15 is 0 Å². The van der Waals surface area contributed by atoms with Crippen LogP contribution in [0.1, 0.15) is 37.9 Å². The van der Waals surface area contributed by atoms with Crippen molar-refractivity contribution in [2.24, 2.45) is 0 Å². The van der Waals surface area contributed by atoms with E-state index in [1.807, 2.05) is 4.57 Å². The van der Waals surface area contributed by atoms with E-state index in [9.17, 15) is 31.1 Å². The number of carbonyl (C=O) groups excluding carboxylic acids is 1. The number of carbonyl (C=O) groups is 1. The van der Waals surface area contributed by atoms with Gasteiger partial charge in [-0.2, -0.15) is 13.2 Å². The van der Waals surface area contributed by atoms with Crippen LogP contribution in [-0.2, 0) is 26.0 Å². The molecule has 4 aliphatic carbocycles. The van der Waals surface area contributed by atoms with Gasteiger partial charge in [-0.1, -0.05) is 0 Å². The lowest BCUT2D eigenvalue weighted by Crippen LogP contribution is -2.78. The Morgan fingerprint density at radius 3 is 2.29 bits per heavy atom. The fourth-order valence-corrected chi connectivity index (χ4v) is 4.94. The first-order valence-corrected chi connectivity index (χ1v) is 10.5. The van der Waals surface area contributed by atoms with Crippen LogP contribution in [0.15, 0.2) is 24.9 Å². The van der Waals surface area contributed by atoms with Gasteiger partial charge in [-0.15, -0.1) is 13.2 Å². The van der Waals surface area contributed by atoms with Gasteiger partial charge in [-0.05, 0) is 19.3 Å². The summed E-state index contributed by atoms with van der Waals surface area (Å²) in [5.41, 5.74) is 0.224. The van der Waals surface area contributed by atoms with Crippen LogP contribution >= 0.6 is 0 Å². The average Bonchev–Trinajstić information content (AvgIpc) is 3.13. The van der Waals surface area contributed by atoms with Crippen molar-refractivity contribution in [3.05, 3.63) is 30.7 Å². The molecular formula is C20H19F6N5O3. The third-order valence-electron chi connectivity index (χ3n) is 6.54. The predicted octanol–water partition coefficient (Wildman–Crippen LogP) is 3.19. The predicted molar refractivity (Wildman–Crippen MR) is 101 cm³/mol. The van der Waals surface area contributed by atoms with Crippen LogP contribution < -0.4 is 5.32 Å². The Morgan fingerprint density at radius 1 is 1.06 bits per heavy atom. The second kappa shape index (κ2) is 7.63. The number of amides is 1. The molecule has 184 valence electrons. The highest BCUT2D eigenvalue weighted by Gasteiger charge is 2.69. The zero-order valence-electron chi connectivity index (χ0n) is 17.5. The maximum atomic E-state index is 12.6. The van der Waals surface area contributed by atoms with Crippen molar-refractivity contribution in [1.29, 1.82) is 0 Å². The molecule has 0 saturated heterocycles. The van der Waals surface area contributed by atoms with Crippen LogP contribution in [0.5, 0.6) is 0 Å². The zero-order valence-corrected chi connectivity index (χ0v) is 17.5. The highest BCUT2D eigenvalue weighted by Crippen LogP contribution is 2.65. The Bertz CT molecular complexity index is 1060. The smallest absolute Gasteiger partial charge is 0.368 e. The van der Waals surface area contributed by atoms with Gasteiger partial charge in [0, 0.05) is 42.5 Å². The van der Waals surface area contributed by atoms with Crippen molar-refractivity contribution in [2.45, 2.75) is 67.9 Å². The van der Waals surface area contributed by atoms with E-state index in [1.165, 1.54) is 0 Å². The number of hydrogen-bond donors (Lipinski definition) is 1. The lowest BCUT2D eigenvalue weighted by atomic mass is 9.44. The number of hydrogen-bond acceptors (Lipinski definition) is 6. The second-order valence-electron chi connectivity index (χ2n) is 9.13. The van der Waals surface area contributed by atoms with E-state index in [4.69, 9.17) is 4.74 Å². The molecule has 2 aromatic heterocycles. The number of nitrogens with zero attached hydrogens (tertiary/aromatic N) is 4. The first-order valence-electron chi connectivity index (χ1n) is 10.5. The van der Waals surface area contributed by atoms with Crippen LogP contribution in [0.3, 0.4) is 0 Å². The molecule has 4 aliphatic rings. The van der Waals surface area contributed by atoms with E-state index < -0.39 is 30.6 Å². The van der Waals surface area contributed by atoms with Crippen molar-refractivity contribution in [2.75, 3.05) is 6.61 Å². The largest absolute Gasteiger partial charge is 0.522 e. The van der Waals surface area contributed by atoms with Crippen molar-refractivity contribution in [3.63, 3.8) is 0 Å². The molecule has 1 N–H and O–H groups in total. The van der Waals surface area contributed by atoms with Crippen molar-refractivity contribution in [3.8, 4) is 11.3 Å². The summed E-state index contributed by atoms with van der Waals surface area (Å²) in [4.78, 5) is 23.1. The topological polar surface area (TPSA) is 91.2 Å². The molecule has 4 saturated carbocycles. The normalized spacial score (nSPS) is 30.2. The van der Waals surface area contributed by atoms with Crippen LogP contribution in [-0.4, -0.2) is 56.1 Å². The number of halogens is 6. The molecule has 0 aromatic carbocycles. The van der Waals surface area contributed by atoms with Crippen LogP contribution in [0.2, 0.25) is 0 Å². The third kappa shape index (κ3) is 4.35. The van der Waals surface area contributed by atoms with Crippen molar-refractivity contribution in [1.82, 2.24) is 24.8 Å². The highest BCUT2D eigenvalue weighted by molar-refractivity contribution is 5.79. The molecule has 0 aliphatic heterocycles. The first-order chi connectivity index (χ1) is 15.8. The summed E-state index contributed by atoms with van der Waals surface area (Å²) in [5.74, 6) is -1.55. The molecule has 2 aromatic rings. The van der Waals surface area contributed by atoms with Gasteiger partial charge in [-0.25, -0.2) is 15.0 Å². The molecular weight excluding hydrogens is 472 g/mol. The summed E-state index contributed by atoms with van der Waals surface area (Å²) in [6, 6.07) is 0. The maximum Gasteiger partial charge on any atom is 0.522 e. The zero-order chi connectivity index (χ0) is 24.4. The molecule has 8 nitrogen and oxygen atoms in total. The minimum absolute atomic E-state index is 0.0912. The van der Waals surface area contributed by atoms with Crippen molar-refractivity contribution < 1.29 is 40.6 Å². The minimum Gasteiger partial charge on any atom is -0.368 e. The minimum atomic E-state index is -4.67. The molecule has 0 spiro atoms. The summed E-state index contributed by atoms with van der Waals surface area (Å²) >= 11 is 0. The van der Waals surface area contributed by atoms with Gasteiger partial charge in [0.1, 0.15) is 6.61 Å². The fraction of sp³-hybridized carbons (Fsp3) is 0.600. The summed E-state index contributed by atoms with van der Waals surface area (Å²) < 4.78 is 85.4. The second-order valence-corrected chi connectivity index (χ2v) is 9.13. The number of ether oxygens (including phenoxy) is 2. The molecule has 2 heterocycles. The van der Waals surface area contributed by atoms with E-state index in [0.717, 1.165) is 12.4 Å². The van der Waals surface area contributed by atoms with Gasteiger partial charge in [0.25, 0.3) is 0 Å². The SMILES string of the molecule is O=C(CO[C@H]1C[C@@H](OC(F)(F)F)C1)NC12CC(n3cnc(-c4cnc(C(F)(F)F)nc4)c3)(C1)C2. The molecule has 1 amide bonds. The third-order valence-corrected chi connectivity index (χ3v) is 6.54. The molecule has 0 atom stereocenters. The van der Waals surface area contributed by atoms with Crippen LogP contribution in [0.4, 0.5) is 26.3 Å². The summed E-state index contributed by atoms with van der Waals surface area (Å²) in [6.45, 7) is -0.235. The molecule has 14 heteroatoms. The Labute approximate surface area is 188 Å². The molecule has 0 unspecified atom stereocenters. The lowest BCUT2D eigenvalue weighted by molar-refractivity contribution is -0.357. The van der Waals surface area contributed by atoms with E-state index in [-0.39, 0.29) is 36.4 Å². The maximum absolute atomic E-state index is 12.6. The molecule has 6 rings (SSSR count). The Hall–Kier alpha value is -2.74. The number of alkyl halides is 6. The average molecular weight is 491 g/mol. The fourth-order valence-electron chi connectivity index (χ4n) is 4.94. The number of aromatic nitrogens is 4. The van der Waals surface area contributed by atoms with Gasteiger partial charge in [-0.3, -0.25) is 9.53 Å². The molecule has 4 fully saturated rings. The standard InChI is InChI=1S/C20H19F6N5O3/c21-19(22,23)16-27-3-11(4-28-16)14-5-31(10-29-14)18-7-17(8-18,9-18)30-15(32)6-33-12-1-13(2-12)34-20(24,25)26/h3-5,10,12-13H,1-2,6-9H2,(H,30,32)/t12-,13+,17?,18?. The van der Waals surface area contributed by atoms with Gasteiger partial charge >= 0.3 is 12.5 Å². The van der Waals surface area contributed by atoms with E-state index in [2.05, 4.69) is 25.0 Å². The van der Waals surface area contributed by atoms with Gasteiger partial charge in [0.15, 0.2) is 0 Å². The van der Waals surface area contributed by atoms with Gasteiger partial charge < -0.3 is 14.6 Å². The Kier molecular flexibility index (Phi) is 5.17. The number of nitrogens with one attached hydrogen (secondary N) is 1. The van der Waals surface area contributed by atoms with E-state index in [0.29, 0.717) is 30.5 Å². The van der Waals surface area contributed by atoms with Crippen LogP contribution in [0, 0.1) is 0 Å². The first kappa shape index (κ1) is 23.0. The van der Waals surface area contributed by atoms with E-state index in [1.54, 1.807) is 12.5 Å².